The molecular weight excluding hydrogens is 500 g/mol. The van der Waals surface area contributed by atoms with Crippen LogP contribution < -0.4 is 5.32 Å². The average Bonchev–Trinajstić information content (AvgIpc) is 2.99. The second-order valence-electron chi connectivity index (χ2n) is 11.3. The van der Waals surface area contributed by atoms with Crippen LogP contribution in [0.1, 0.15) is 95.1 Å². The summed E-state index contributed by atoms with van der Waals surface area (Å²) in [5, 5.41) is 3.64. The van der Waals surface area contributed by atoms with Gasteiger partial charge in [0, 0.05) is 24.2 Å². The van der Waals surface area contributed by atoms with Gasteiger partial charge in [0.15, 0.2) is 0 Å². The Balaban J connectivity index is 1.31. The maximum absolute atomic E-state index is 13.3. The maximum Gasteiger partial charge on any atom is 0.206 e. The van der Waals surface area contributed by atoms with E-state index >= 15 is 0 Å². The largest absolute Gasteiger partial charge is 0.313 e. The van der Waals surface area contributed by atoms with Gasteiger partial charge in [0.1, 0.15) is 0 Å². The summed E-state index contributed by atoms with van der Waals surface area (Å²) in [7, 11) is -3.66. The Kier molecular flexibility index (Phi) is 11.4. The van der Waals surface area contributed by atoms with Gasteiger partial charge < -0.3 is 5.32 Å². The molecule has 0 aromatic heterocycles. The average molecular weight is 549 g/mol. The lowest BCUT2D eigenvalue weighted by Crippen LogP contribution is -2.45. The first-order chi connectivity index (χ1) is 19.0. The van der Waals surface area contributed by atoms with Crippen molar-refractivity contribution >= 4 is 20.3 Å². The molecule has 39 heavy (non-hydrogen) atoms. The SMILES string of the molecule is C=C(c1ccccc1/C(=C\C)CNCCCCN(C1CCCCC1)C1CCCCC1)S(=O)(=O)c1ccccc1. The minimum Gasteiger partial charge on any atom is -0.313 e. The van der Waals surface area contributed by atoms with E-state index in [-0.39, 0.29) is 9.80 Å². The van der Waals surface area contributed by atoms with Crippen LogP contribution in [-0.2, 0) is 9.84 Å². The van der Waals surface area contributed by atoms with Gasteiger partial charge in [0.2, 0.25) is 9.84 Å². The molecular formula is C34H48N2O2S. The fourth-order valence-corrected chi connectivity index (χ4v) is 7.77. The minimum atomic E-state index is -3.66. The van der Waals surface area contributed by atoms with Crippen molar-refractivity contribution in [3.8, 4) is 0 Å². The van der Waals surface area contributed by atoms with E-state index in [4.69, 9.17) is 0 Å². The van der Waals surface area contributed by atoms with Crippen LogP contribution in [0.3, 0.4) is 0 Å². The van der Waals surface area contributed by atoms with Crippen LogP contribution in [0.15, 0.2) is 72.1 Å². The van der Waals surface area contributed by atoms with E-state index in [1.54, 1.807) is 24.3 Å². The first-order valence-electron chi connectivity index (χ1n) is 15.2. The predicted molar refractivity (Wildman–Crippen MR) is 165 cm³/mol. The molecule has 4 rings (SSSR count). The molecule has 0 spiro atoms. The van der Waals surface area contributed by atoms with E-state index < -0.39 is 9.84 Å². The fourth-order valence-electron chi connectivity index (χ4n) is 6.50. The number of nitrogens with zero attached hydrogens (tertiary/aromatic N) is 1. The van der Waals surface area contributed by atoms with Gasteiger partial charge in [-0.25, -0.2) is 8.42 Å². The number of nitrogens with one attached hydrogen (secondary N) is 1. The summed E-state index contributed by atoms with van der Waals surface area (Å²) in [5.74, 6) is 0. The summed E-state index contributed by atoms with van der Waals surface area (Å²) in [4.78, 5) is 3.33. The molecule has 0 saturated heterocycles. The molecule has 0 unspecified atom stereocenters. The molecule has 212 valence electrons. The highest BCUT2D eigenvalue weighted by atomic mass is 32.2. The number of rotatable bonds is 13. The standard InChI is InChI=1S/C34H48N2O2S/c1-3-29(34-24-14-13-23-33(34)28(2)39(37,38)32-21-11-6-12-22-32)27-35-25-15-16-26-36(30-17-7-4-8-18-30)31-19-9-5-10-20-31/h3,6,11-14,21-24,30-31,35H,2,4-5,7-10,15-20,25-27H2,1H3/b29-3-. The Labute approximate surface area is 237 Å². The van der Waals surface area contributed by atoms with E-state index in [0.717, 1.165) is 36.2 Å². The summed E-state index contributed by atoms with van der Waals surface area (Å²) < 4.78 is 26.5. The minimum absolute atomic E-state index is 0.147. The molecule has 1 N–H and O–H groups in total. The topological polar surface area (TPSA) is 49.4 Å². The zero-order chi connectivity index (χ0) is 27.5. The molecule has 2 aliphatic carbocycles. The van der Waals surface area contributed by atoms with Crippen LogP contribution in [0.4, 0.5) is 0 Å². The van der Waals surface area contributed by atoms with Crippen LogP contribution in [-0.4, -0.2) is 45.0 Å². The van der Waals surface area contributed by atoms with Crippen molar-refractivity contribution in [2.45, 2.75) is 101 Å². The summed E-state index contributed by atoms with van der Waals surface area (Å²) in [6.45, 7) is 8.95. The third-order valence-corrected chi connectivity index (χ3v) is 10.5. The molecule has 2 aromatic carbocycles. The second kappa shape index (κ2) is 15.0. The van der Waals surface area contributed by atoms with Gasteiger partial charge in [-0.3, -0.25) is 4.90 Å². The maximum atomic E-state index is 13.3. The summed E-state index contributed by atoms with van der Waals surface area (Å²) in [6, 6.07) is 17.9. The van der Waals surface area contributed by atoms with Crippen molar-refractivity contribution in [1.82, 2.24) is 10.2 Å². The number of unbranched alkanes of at least 4 members (excludes halogenated alkanes) is 1. The van der Waals surface area contributed by atoms with Gasteiger partial charge in [-0.1, -0.05) is 93.6 Å². The van der Waals surface area contributed by atoms with Gasteiger partial charge in [0.25, 0.3) is 0 Å². The Bertz CT molecular complexity index is 1160. The zero-order valence-corrected chi connectivity index (χ0v) is 24.7. The lowest BCUT2D eigenvalue weighted by molar-refractivity contribution is 0.0790. The summed E-state index contributed by atoms with van der Waals surface area (Å²) >= 11 is 0. The third-order valence-electron chi connectivity index (χ3n) is 8.72. The smallest absolute Gasteiger partial charge is 0.206 e. The highest BCUT2D eigenvalue weighted by Gasteiger charge is 2.28. The van der Waals surface area contributed by atoms with Gasteiger partial charge in [0.05, 0.1) is 9.80 Å². The van der Waals surface area contributed by atoms with Crippen LogP contribution in [0.5, 0.6) is 0 Å². The number of benzene rings is 2. The van der Waals surface area contributed by atoms with Crippen molar-refractivity contribution in [2.75, 3.05) is 19.6 Å². The predicted octanol–water partition coefficient (Wildman–Crippen LogP) is 7.87. The molecule has 0 atom stereocenters. The van der Waals surface area contributed by atoms with Crippen molar-refractivity contribution < 1.29 is 8.42 Å². The van der Waals surface area contributed by atoms with E-state index in [2.05, 4.69) is 22.9 Å². The van der Waals surface area contributed by atoms with E-state index in [9.17, 15) is 8.42 Å². The zero-order valence-electron chi connectivity index (χ0n) is 23.9. The summed E-state index contributed by atoms with van der Waals surface area (Å²) in [6.07, 6.45) is 18.5. The normalized spacial score (nSPS) is 17.9. The first-order valence-corrected chi connectivity index (χ1v) is 16.7. The fraction of sp³-hybridized carbons (Fsp3) is 0.529. The number of sulfone groups is 1. The Hall–Kier alpha value is -2.21. The van der Waals surface area contributed by atoms with Crippen LogP contribution >= 0.6 is 0 Å². The van der Waals surface area contributed by atoms with Crippen LogP contribution in [0.25, 0.3) is 10.5 Å². The molecule has 2 fully saturated rings. The summed E-state index contributed by atoms with van der Waals surface area (Å²) in [5.41, 5.74) is 2.70. The molecule has 4 nitrogen and oxygen atoms in total. The molecule has 0 bridgehead atoms. The van der Waals surface area contributed by atoms with Crippen molar-refractivity contribution in [1.29, 1.82) is 0 Å². The Morgan fingerprint density at radius 3 is 2.00 bits per heavy atom. The van der Waals surface area contributed by atoms with Gasteiger partial charge in [-0.2, -0.15) is 0 Å². The highest BCUT2D eigenvalue weighted by molar-refractivity contribution is 8.00. The molecule has 2 saturated carbocycles. The first kappa shape index (κ1) is 29.8. The molecule has 2 aromatic rings. The van der Waals surface area contributed by atoms with E-state index in [1.165, 1.54) is 77.2 Å². The molecule has 0 aliphatic heterocycles. The number of hydrogen-bond acceptors (Lipinski definition) is 4. The second-order valence-corrected chi connectivity index (χ2v) is 13.3. The molecule has 0 heterocycles. The quantitative estimate of drug-likeness (QED) is 0.259. The molecule has 0 radical (unpaired) electrons. The number of allylic oxidation sites excluding steroid dienone is 1. The molecule has 0 amide bonds. The van der Waals surface area contributed by atoms with Crippen molar-refractivity contribution in [2.24, 2.45) is 0 Å². The Morgan fingerprint density at radius 2 is 1.41 bits per heavy atom. The van der Waals surface area contributed by atoms with Crippen LogP contribution in [0.2, 0.25) is 0 Å². The van der Waals surface area contributed by atoms with Gasteiger partial charge >= 0.3 is 0 Å². The van der Waals surface area contributed by atoms with Crippen molar-refractivity contribution in [3.63, 3.8) is 0 Å². The molecule has 5 heteroatoms. The van der Waals surface area contributed by atoms with Crippen LogP contribution in [0, 0.1) is 0 Å². The van der Waals surface area contributed by atoms with Crippen molar-refractivity contribution in [3.05, 3.63) is 78.4 Å². The van der Waals surface area contributed by atoms with E-state index in [0.29, 0.717) is 12.1 Å². The van der Waals surface area contributed by atoms with Gasteiger partial charge in [-0.05, 0) is 81.8 Å². The Morgan fingerprint density at radius 1 is 0.846 bits per heavy atom. The lowest BCUT2D eigenvalue weighted by Gasteiger charge is -2.41. The number of hydrogen-bond donors (Lipinski definition) is 1. The monoisotopic (exact) mass is 548 g/mol. The molecule has 2 aliphatic rings. The van der Waals surface area contributed by atoms with E-state index in [1.807, 2.05) is 37.3 Å². The lowest BCUT2D eigenvalue weighted by atomic mass is 9.88. The third kappa shape index (κ3) is 7.93. The highest BCUT2D eigenvalue weighted by Crippen LogP contribution is 2.32. The van der Waals surface area contributed by atoms with Gasteiger partial charge in [-0.15, -0.1) is 0 Å².